The summed E-state index contributed by atoms with van der Waals surface area (Å²) in [6.45, 7) is 4.50. The fraction of sp³-hybridized carbons (Fsp3) is 0.278. The molecule has 0 saturated heterocycles. The third-order valence-electron chi connectivity index (χ3n) is 3.42. The van der Waals surface area contributed by atoms with Gasteiger partial charge in [0.25, 0.3) is 0 Å². The molecule has 0 aromatic heterocycles. The van der Waals surface area contributed by atoms with E-state index in [9.17, 15) is 9.65 Å². The first-order valence-electron chi connectivity index (χ1n) is 6.95. The number of ether oxygens (including phenoxy) is 1. The first kappa shape index (κ1) is 15.1. The van der Waals surface area contributed by atoms with E-state index in [1.807, 2.05) is 26.0 Å². The highest BCUT2D eigenvalue weighted by molar-refractivity contribution is 5.35. The van der Waals surface area contributed by atoms with Gasteiger partial charge in [0.05, 0.1) is 18.6 Å². The first-order chi connectivity index (χ1) is 10.1. The highest BCUT2D eigenvalue weighted by atomic mass is 19.1. The molecular formula is C18H18FNO. The van der Waals surface area contributed by atoms with E-state index >= 15 is 0 Å². The van der Waals surface area contributed by atoms with Crippen LogP contribution in [0.3, 0.4) is 0 Å². The molecule has 2 aromatic rings. The van der Waals surface area contributed by atoms with Gasteiger partial charge in [0.1, 0.15) is 11.6 Å². The summed E-state index contributed by atoms with van der Waals surface area (Å²) in [5.74, 6) is 0.273. The standard InChI is InChI=1S/C18H18FNO/c1-13-3-8-18(14(2)11-13)21-10-9-16(12-20)15-4-6-17(19)7-5-15/h3-8,11,16H,9-10H2,1-2H3. The topological polar surface area (TPSA) is 33.0 Å². The number of hydrogen-bond acceptors (Lipinski definition) is 2. The average Bonchev–Trinajstić information content (AvgIpc) is 2.47. The maximum absolute atomic E-state index is 12.9. The van der Waals surface area contributed by atoms with Crippen molar-refractivity contribution in [2.24, 2.45) is 0 Å². The Morgan fingerprint density at radius 3 is 2.48 bits per heavy atom. The van der Waals surface area contributed by atoms with E-state index in [1.54, 1.807) is 12.1 Å². The lowest BCUT2D eigenvalue weighted by Crippen LogP contribution is -2.05. The summed E-state index contributed by atoms with van der Waals surface area (Å²) >= 11 is 0. The Morgan fingerprint density at radius 2 is 1.86 bits per heavy atom. The molecule has 0 aliphatic rings. The van der Waals surface area contributed by atoms with Gasteiger partial charge in [-0.3, -0.25) is 0 Å². The van der Waals surface area contributed by atoms with Gasteiger partial charge in [-0.25, -0.2) is 4.39 Å². The molecule has 2 nitrogen and oxygen atoms in total. The van der Waals surface area contributed by atoms with Crippen molar-refractivity contribution in [3.05, 3.63) is 65.0 Å². The van der Waals surface area contributed by atoms with Crippen molar-refractivity contribution in [1.29, 1.82) is 5.26 Å². The number of hydrogen-bond donors (Lipinski definition) is 0. The van der Waals surface area contributed by atoms with Crippen LogP contribution in [0.1, 0.15) is 29.0 Å². The number of benzene rings is 2. The zero-order valence-corrected chi connectivity index (χ0v) is 12.3. The van der Waals surface area contributed by atoms with Crippen molar-refractivity contribution >= 4 is 0 Å². The normalized spacial score (nSPS) is 11.7. The maximum atomic E-state index is 12.9. The smallest absolute Gasteiger partial charge is 0.123 e. The molecule has 0 heterocycles. The minimum absolute atomic E-state index is 0.281. The summed E-state index contributed by atoms with van der Waals surface area (Å²) in [5.41, 5.74) is 3.11. The molecule has 0 amide bonds. The summed E-state index contributed by atoms with van der Waals surface area (Å²) in [4.78, 5) is 0. The minimum atomic E-state index is -0.290. The van der Waals surface area contributed by atoms with Crippen LogP contribution in [0.4, 0.5) is 4.39 Å². The summed E-state index contributed by atoms with van der Waals surface area (Å²) in [6.07, 6.45) is 0.579. The fourth-order valence-electron chi connectivity index (χ4n) is 2.25. The molecule has 0 aliphatic heterocycles. The van der Waals surface area contributed by atoms with Crippen LogP contribution in [0.2, 0.25) is 0 Å². The second-order valence-electron chi connectivity index (χ2n) is 5.14. The van der Waals surface area contributed by atoms with Crippen LogP contribution in [-0.4, -0.2) is 6.61 Å². The lowest BCUT2D eigenvalue weighted by molar-refractivity contribution is 0.304. The maximum Gasteiger partial charge on any atom is 0.123 e. The number of aryl methyl sites for hydroxylation is 2. The minimum Gasteiger partial charge on any atom is -0.493 e. The van der Waals surface area contributed by atoms with Crippen LogP contribution in [-0.2, 0) is 0 Å². The van der Waals surface area contributed by atoms with Crippen LogP contribution in [0.15, 0.2) is 42.5 Å². The van der Waals surface area contributed by atoms with Crippen LogP contribution in [0.5, 0.6) is 5.75 Å². The molecule has 3 heteroatoms. The number of halogens is 1. The van der Waals surface area contributed by atoms with Crippen LogP contribution < -0.4 is 4.74 Å². The SMILES string of the molecule is Cc1ccc(OCCC(C#N)c2ccc(F)cc2)c(C)c1. The Balaban J connectivity index is 1.95. The van der Waals surface area contributed by atoms with Gasteiger partial charge >= 0.3 is 0 Å². The van der Waals surface area contributed by atoms with E-state index < -0.39 is 0 Å². The Hall–Kier alpha value is -2.34. The van der Waals surface area contributed by atoms with E-state index in [0.717, 1.165) is 16.9 Å². The molecule has 0 saturated carbocycles. The van der Waals surface area contributed by atoms with Crippen LogP contribution >= 0.6 is 0 Å². The Morgan fingerprint density at radius 1 is 1.14 bits per heavy atom. The molecule has 0 radical (unpaired) electrons. The number of nitrogens with zero attached hydrogens (tertiary/aromatic N) is 1. The van der Waals surface area contributed by atoms with E-state index in [1.165, 1.54) is 17.7 Å². The largest absolute Gasteiger partial charge is 0.493 e. The highest BCUT2D eigenvalue weighted by Gasteiger charge is 2.11. The fourth-order valence-corrected chi connectivity index (χ4v) is 2.25. The monoisotopic (exact) mass is 283 g/mol. The quantitative estimate of drug-likeness (QED) is 0.808. The van der Waals surface area contributed by atoms with Crippen LogP contribution in [0.25, 0.3) is 0 Å². The highest BCUT2D eigenvalue weighted by Crippen LogP contribution is 2.22. The van der Waals surface area contributed by atoms with Crippen molar-refractivity contribution in [3.63, 3.8) is 0 Å². The molecule has 0 spiro atoms. The van der Waals surface area contributed by atoms with Gasteiger partial charge in [0.2, 0.25) is 0 Å². The van der Waals surface area contributed by atoms with Crippen LogP contribution in [0, 0.1) is 31.0 Å². The predicted molar refractivity (Wildman–Crippen MR) is 80.8 cm³/mol. The third-order valence-corrected chi connectivity index (χ3v) is 3.42. The predicted octanol–water partition coefficient (Wildman–Crippen LogP) is 4.52. The molecular weight excluding hydrogens is 265 g/mol. The van der Waals surface area contributed by atoms with E-state index in [2.05, 4.69) is 12.1 Å². The van der Waals surface area contributed by atoms with Gasteiger partial charge < -0.3 is 4.74 Å². The summed E-state index contributed by atoms with van der Waals surface area (Å²) in [6, 6.07) is 14.3. The molecule has 0 fully saturated rings. The first-order valence-corrected chi connectivity index (χ1v) is 6.95. The average molecular weight is 283 g/mol. The van der Waals surface area contributed by atoms with Crippen molar-refractivity contribution in [3.8, 4) is 11.8 Å². The van der Waals surface area contributed by atoms with E-state index in [0.29, 0.717) is 13.0 Å². The molecule has 2 rings (SSSR count). The van der Waals surface area contributed by atoms with Gasteiger partial charge in [0, 0.05) is 6.42 Å². The lowest BCUT2D eigenvalue weighted by Gasteiger charge is -2.12. The molecule has 108 valence electrons. The number of rotatable bonds is 5. The summed E-state index contributed by atoms with van der Waals surface area (Å²) in [7, 11) is 0. The molecule has 1 unspecified atom stereocenters. The molecule has 1 atom stereocenters. The van der Waals surface area contributed by atoms with Gasteiger partial charge in [0.15, 0.2) is 0 Å². The van der Waals surface area contributed by atoms with E-state index in [-0.39, 0.29) is 11.7 Å². The van der Waals surface area contributed by atoms with Gasteiger partial charge in [-0.1, -0.05) is 29.8 Å². The van der Waals surface area contributed by atoms with Gasteiger partial charge in [-0.05, 0) is 43.2 Å². The van der Waals surface area contributed by atoms with Crippen molar-refractivity contribution < 1.29 is 9.13 Å². The number of nitriles is 1. The Labute approximate surface area is 124 Å². The molecule has 21 heavy (non-hydrogen) atoms. The molecule has 2 aromatic carbocycles. The Kier molecular flexibility index (Phi) is 4.94. The summed E-state index contributed by atoms with van der Waals surface area (Å²) < 4.78 is 18.6. The van der Waals surface area contributed by atoms with E-state index in [4.69, 9.17) is 4.74 Å². The molecule has 0 aliphatic carbocycles. The zero-order chi connectivity index (χ0) is 15.2. The van der Waals surface area contributed by atoms with Crippen molar-refractivity contribution in [2.75, 3.05) is 6.61 Å². The van der Waals surface area contributed by atoms with Gasteiger partial charge in [-0.2, -0.15) is 5.26 Å². The third kappa shape index (κ3) is 4.06. The zero-order valence-electron chi connectivity index (χ0n) is 12.3. The lowest BCUT2D eigenvalue weighted by atomic mass is 9.98. The van der Waals surface area contributed by atoms with Gasteiger partial charge in [-0.15, -0.1) is 0 Å². The summed E-state index contributed by atoms with van der Waals surface area (Å²) in [5, 5.41) is 9.24. The molecule has 0 N–H and O–H groups in total. The second kappa shape index (κ2) is 6.90. The van der Waals surface area contributed by atoms with Crippen molar-refractivity contribution in [1.82, 2.24) is 0 Å². The second-order valence-corrected chi connectivity index (χ2v) is 5.14. The Bertz CT molecular complexity index is 643. The van der Waals surface area contributed by atoms with Crippen molar-refractivity contribution in [2.45, 2.75) is 26.2 Å². The molecule has 0 bridgehead atoms.